The largest absolute Gasteiger partial charge is 0.492 e. The second-order valence-corrected chi connectivity index (χ2v) is 10.8. The molecule has 190 valence electrons. The maximum Gasteiger partial charge on any atom is 0.315 e. The Labute approximate surface area is 213 Å². The summed E-state index contributed by atoms with van der Waals surface area (Å²) < 4.78 is 7.56. The van der Waals surface area contributed by atoms with Gasteiger partial charge in [-0.15, -0.1) is 5.10 Å². The predicted molar refractivity (Wildman–Crippen MR) is 140 cm³/mol. The molecule has 3 aromatic rings. The van der Waals surface area contributed by atoms with Crippen LogP contribution in [0.15, 0.2) is 60.9 Å². The molecule has 0 saturated carbocycles. The van der Waals surface area contributed by atoms with Crippen molar-refractivity contribution in [2.75, 3.05) is 26.2 Å². The molecule has 2 N–H and O–H groups in total. The molecule has 1 unspecified atom stereocenters. The van der Waals surface area contributed by atoms with Crippen molar-refractivity contribution in [3.63, 3.8) is 0 Å². The number of carbonyl (C=O) groups excluding carboxylic acids is 1. The van der Waals surface area contributed by atoms with E-state index in [-0.39, 0.29) is 11.6 Å². The van der Waals surface area contributed by atoms with Crippen LogP contribution in [-0.4, -0.2) is 57.7 Å². The molecule has 0 spiro atoms. The first kappa shape index (κ1) is 24.3. The van der Waals surface area contributed by atoms with Gasteiger partial charge >= 0.3 is 6.03 Å². The van der Waals surface area contributed by atoms with Crippen molar-refractivity contribution in [2.24, 2.45) is 5.92 Å². The molecular weight excluding hydrogens is 452 g/mol. The number of hydrogen-bond donors (Lipinski definition) is 2. The first-order valence-electron chi connectivity index (χ1n) is 12.8. The molecule has 3 saturated heterocycles. The molecule has 8 heteroatoms. The minimum atomic E-state index is -0.491. The maximum atomic E-state index is 13.0. The molecule has 36 heavy (non-hydrogen) atoms. The van der Waals surface area contributed by atoms with E-state index in [1.807, 2.05) is 32.2 Å². The van der Waals surface area contributed by atoms with Crippen molar-refractivity contribution >= 4 is 6.03 Å². The summed E-state index contributed by atoms with van der Waals surface area (Å²) in [6.45, 7) is 10.7. The molecule has 2 amide bonds. The molecule has 1 atom stereocenters. The molecule has 4 heterocycles. The molecule has 3 aliphatic heterocycles. The van der Waals surface area contributed by atoms with Crippen molar-refractivity contribution in [1.29, 1.82) is 0 Å². The van der Waals surface area contributed by atoms with Gasteiger partial charge in [-0.25, -0.2) is 9.48 Å². The SMILES string of the molecule is CC(C)(NC(=O)NC1(C)CN2CCC1CC2)c1ccc(-c2ccc(OCCn3ccnn3)cc2)cc1. The average Bonchev–Trinajstić information content (AvgIpc) is 3.38. The first-order valence-corrected chi connectivity index (χ1v) is 12.8. The third-order valence-corrected chi connectivity index (χ3v) is 7.72. The molecular formula is C28H36N6O2. The summed E-state index contributed by atoms with van der Waals surface area (Å²) >= 11 is 0. The Hall–Kier alpha value is -3.39. The number of fused-ring (bicyclic) bond motifs is 3. The number of ether oxygens (including phenoxy) is 1. The van der Waals surface area contributed by atoms with E-state index in [0.717, 1.165) is 54.9 Å². The van der Waals surface area contributed by atoms with Crippen LogP contribution in [0.2, 0.25) is 0 Å². The highest BCUT2D eigenvalue weighted by molar-refractivity contribution is 5.76. The zero-order valence-corrected chi connectivity index (χ0v) is 21.4. The van der Waals surface area contributed by atoms with Crippen LogP contribution in [0.4, 0.5) is 4.79 Å². The Bertz CT molecular complexity index is 1150. The quantitative estimate of drug-likeness (QED) is 0.500. The maximum absolute atomic E-state index is 13.0. The van der Waals surface area contributed by atoms with Crippen LogP contribution in [0.25, 0.3) is 11.1 Å². The number of nitrogens with one attached hydrogen (secondary N) is 2. The summed E-state index contributed by atoms with van der Waals surface area (Å²) in [4.78, 5) is 15.4. The van der Waals surface area contributed by atoms with Crippen molar-refractivity contribution in [1.82, 2.24) is 30.5 Å². The van der Waals surface area contributed by atoms with E-state index in [0.29, 0.717) is 19.1 Å². The smallest absolute Gasteiger partial charge is 0.315 e. The number of urea groups is 1. The summed E-state index contributed by atoms with van der Waals surface area (Å²) in [5.41, 5.74) is 2.65. The van der Waals surface area contributed by atoms with Gasteiger partial charge in [-0.3, -0.25) is 0 Å². The van der Waals surface area contributed by atoms with Crippen LogP contribution in [0, 0.1) is 5.92 Å². The minimum absolute atomic E-state index is 0.0975. The highest BCUT2D eigenvalue weighted by atomic mass is 16.5. The van der Waals surface area contributed by atoms with E-state index in [1.165, 1.54) is 0 Å². The molecule has 3 aliphatic rings. The third-order valence-electron chi connectivity index (χ3n) is 7.72. The van der Waals surface area contributed by atoms with Crippen LogP contribution in [0.5, 0.6) is 5.75 Å². The van der Waals surface area contributed by atoms with Gasteiger partial charge < -0.3 is 20.3 Å². The van der Waals surface area contributed by atoms with Gasteiger partial charge in [-0.05, 0) is 81.4 Å². The van der Waals surface area contributed by atoms with E-state index in [9.17, 15) is 4.79 Å². The van der Waals surface area contributed by atoms with Gasteiger partial charge in [0.2, 0.25) is 0 Å². The van der Waals surface area contributed by atoms with Gasteiger partial charge in [0.1, 0.15) is 12.4 Å². The van der Waals surface area contributed by atoms with Gasteiger partial charge in [0, 0.05) is 12.7 Å². The first-order chi connectivity index (χ1) is 17.3. The molecule has 2 bridgehead atoms. The van der Waals surface area contributed by atoms with E-state index < -0.39 is 5.54 Å². The Morgan fingerprint density at radius 3 is 2.33 bits per heavy atom. The molecule has 2 aromatic carbocycles. The van der Waals surface area contributed by atoms with Crippen LogP contribution in [0.3, 0.4) is 0 Å². The van der Waals surface area contributed by atoms with Gasteiger partial charge in [-0.2, -0.15) is 0 Å². The lowest BCUT2D eigenvalue weighted by molar-refractivity contribution is 0.0224. The Kier molecular flexibility index (Phi) is 6.71. The highest BCUT2D eigenvalue weighted by Gasteiger charge is 2.44. The number of amides is 2. The second kappa shape index (κ2) is 9.93. The van der Waals surface area contributed by atoms with Gasteiger partial charge in [-0.1, -0.05) is 41.6 Å². The fraction of sp³-hybridized carbons (Fsp3) is 0.464. The number of piperidine rings is 3. The lowest BCUT2D eigenvalue weighted by Crippen LogP contribution is -2.67. The van der Waals surface area contributed by atoms with Gasteiger partial charge in [0.05, 0.1) is 23.8 Å². The van der Waals surface area contributed by atoms with Crippen molar-refractivity contribution in [3.8, 4) is 16.9 Å². The van der Waals surface area contributed by atoms with E-state index in [2.05, 4.69) is 69.2 Å². The van der Waals surface area contributed by atoms with Crippen molar-refractivity contribution < 1.29 is 9.53 Å². The second-order valence-electron chi connectivity index (χ2n) is 10.8. The standard InChI is InChI=1S/C28H36N6O2/c1-27(2,30-26(35)31-28(3)20-33-15-12-24(28)13-16-33)23-8-4-21(5-9-23)22-6-10-25(11-7-22)36-19-18-34-17-14-29-32-34/h4-11,14,17,24H,12-13,15-16,18-20H2,1-3H3,(H2,30,31,35). The summed E-state index contributed by atoms with van der Waals surface area (Å²) in [5, 5.41) is 14.2. The summed E-state index contributed by atoms with van der Waals surface area (Å²) in [7, 11) is 0. The van der Waals surface area contributed by atoms with Crippen molar-refractivity contribution in [2.45, 2.75) is 51.2 Å². The third kappa shape index (κ3) is 5.38. The monoisotopic (exact) mass is 488 g/mol. The zero-order chi connectivity index (χ0) is 25.2. The molecule has 8 nitrogen and oxygen atoms in total. The molecule has 0 radical (unpaired) electrons. The number of rotatable bonds is 8. The number of aromatic nitrogens is 3. The summed E-state index contributed by atoms with van der Waals surface area (Å²) in [6, 6.07) is 16.4. The Morgan fingerprint density at radius 2 is 1.75 bits per heavy atom. The van der Waals surface area contributed by atoms with E-state index in [1.54, 1.807) is 10.9 Å². The van der Waals surface area contributed by atoms with Crippen LogP contribution >= 0.6 is 0 Å². The number of benzene rings is 2. The zero-order valence-electron chi connectivity index (χ0n) is 21.4. The van der Waals surface area contributed by atoms with E-state index >= 15 is 0 Å². The molecule has 1 aromatic heterocycles. The average molecular weight is 489 g/mol. The summed E-state index contributed by atoms with van der Waals surface area (Å²) in [6.07, 6.45) is 5.80. The normalized spacial score (nSPS) is 23.3. The van der Waals surface area contributed by atoms with E-state index in [4.69, 9.17) is 4.74 Å². The lowest BCUT2D eigenvalue weighted by atomic mass is 9.74. The lowest BCUT2D eigenvalue weighted by Gasteiger charge is -2.52. The summed E-state index contributed by atoms with van der Waals surface area (Å²) in [5.74, 6) is 1.38. The molecule has 3 fully saturated rings. The topological polar surface area (TPSA) is 84.3 Å². The molecule has 0 aliphatic carbocycles. The fourth-order valence-electron chi connectivity index (χ4n) is 5.54. The fourth-order valence-corrected chi connectivity index (χ4v) is 5.54. The Balaban J connectivity index is 1.16. The Morgan fingerprint density at radius 1 is 1.08 bits per heavy atom. The van der Waals surface area contributed by atoms with Gasteiger partial charge in [0.15, 0.2) is 0 Å². The predicted octanol–water partition coefficient (Wildman–Crippen LogP) is 4.04. The number of hydrogen-bond acceptors (Lipinski definition) is 5. The minimum Gasteiger partial charge on any atom is -0.492 e. The highest BCUT2D eigenvalue weighted by Crippen LogP contribution is 2.35. The van der Waals surface area contributed by atoms with Crippen molar-refractivity contribution in [3.05, 3.63) is 66.5 Å². The number of carbonyl (C=O) groups is 1. The van der Waals surface area contributed by atoms with Crippen LogP contribution in [0.1, 0.15) is 39.2 Å². The number of nitrogens with zero attached hydrogens (tertiary/aromatic N) is 4. The van der Waals surface area contributed by atoms with Crippen LogP contribution < -0.4 is 15.4 Å². The molecule has 6 rings (SSSR count). The van der Waals surface area contributed by atoms with Crippen LogP contribution in [-0.2, 0) is 12.1 Å². The van der Waals surface area contributed by atoms with Gasteiger partial charge in [0.25, 0.3) is 0 Å².